The Balaban J connectivity index is 1.44. The predicted molar refractivity (Wildman–Crippen MR) is 151 cm³/mol. The van der Waals surface area contributed by atoms with Crippen molar-refractivity contribution in [2.75, 3.05) is 0 Å². The van der Waals surface area contributed by atoms with Gasteiger partial charge >= 0.3 is 0 Å². The van der Waals surface area contributed by atoms with Crippen molar-refractivity contribution in [2.24, 2.45) is 0 Å². The number of para-hydroxylation sites is 1. The molecule has 0 unspecified atom stereocenters. The lowest BCUT2D eigenvalue weighted by Gasteiger charge is -2.09. The molecule has 3 heterocycles. The number of benzene rings is 3. The van der Waals surface area contributed by atoms with Gasteiger partial charge in [0, 0.05) is 22.9 Å². The van der Waals surface area contributed by atoms with Crippen LogP contribution in [0.3, 0.4) is 0 Å². The third-order valence-corrected chi connectivity index (χ3v) is 7.00. The molecule has 0 N–H and O–H groups in total. The first kappa shape index (κ1) is 23.8. The van der Waals surface area contributed by atoms with E-state index in [2.05, 4.69) is 10.1 Å². The molecule has 38 heavy (non-hydrogen) atoms. The maximum Gasteiger partial charge on any atom is 0.291 e. The molecule has 0 aliphatic heterocycles. The number of thiazole rings is 1. The van der Waals surface area contributed by atoms with Gasteiger partial charge < -0.3 is 4.74 Å². The Morgan fingerprint density at radius 1 is 0.895 bits per heavy atom. The summed E-state index contributed by atoms with van der Waals surface area (Å²) < 4.78 is 9.56. The first-order chi connectivity index (χ1) is 18.4. The first-order valence-corrected chi connectivity index (χ1v) is 13.2. The summed E-state index contributed by atoms with van der Waals surface area (Å²) in [4.78, 5) is 18.5. The topological polar surface area (TPSA) is 74.3 Å². The lowest BCUT2D eigenvalue weighted by atomic mass is 10.1. The lowest BCUT2D eigenvalue weighted by Crippen LogP contribution is -2.23. The molecule has 0 aliphatic carbocycles. The second kappa shape index (κ2) is 9.72. The summed E-state index contributed by atoms with van der Waals surface area (Å²) in [6, 6.07) is 25.7. The minimum Gasteiger partial charge on any atom is -0.491 e. The van der Waals surface area contributed by atoms with Crippen LogP contribution in [-0.4, -0.2) is 30.5 Å². The number of hydrogen-bond acceptors (Lipinski definition) is 6. The van der Waals surface area contributed by atoms with Crippen molar-refractivity contribution in [1.29, 1.82) is 0 Å². The number of aromatic nitrogens is 5. The smallest absolute Gasteiger partial charge is 0.291 e. The molecule has 0 amide bonds. The summed E-state index contributed by atoms with van der Waals surface area (Å²) in [5.74, 6) is 1.34. The zero-order valence-electron chi connectivity index (χ0n) is 21.2. The quantitative estimate of drug-likeness (QED) is 0.298. The van der Waals surface area contributed by atoms with Crippen molar-refractivity contribution >= 4 is 22.4 Å². The number of rotatable bonds is 6. The summed E-state index contributed by atoms with van der Waals surface area (Å²) in [7, 11) is 0. The van der Waals surface area contributed by atoms with Gasteiger partial charge in [0.25, 0.3) is 5.56 Å². The van der Waals surface area contributed by atoms with Gasteiger partial charge in [0.2, 0.25) is 4.96 Å². The highest BCUT2D eigenvalue weighted by Crippen LogP contribution is 2.27. The number of nitrogens with zero attached hydrogens (tertiary/aromatic N) is 5. The van der Waals surface area contributed by atoms with Crippen LogP contribution in [0.1, 0.15) is 25.0 Å². The van der Waals surface area contributed by atoms with Gasteiger partial charge in [-0.1, -0.05) is 59.4 Å². The summed E-state index contributed by atoms with van der Waals surface area (Å²) in [5, 5.41) is 9.37. The summed E-state index contributed by atoms with van der Waals surface area (Å²) in [6.07, 6.45) is 3.90. The van der Waals surface area contributed by atoms with Crippen molar-refractivity contribution in [3.05, 3.63) is 111 Å². The molecule has 188 valence electrons. The molecule has 0 atom stereocenters. The molecule has 3 aromatic heterocycles. The van der Waals surface area contributed by atoms with E-state index in [-0.39, 0.29) is 11.7 Å². The molecule has 0 bridgehead atoms. The molecule has 0 spiro atoms. The highest BCUT2D eigenvalue weighted by atomic mass is 32.1. The predicted octanol–water partition coefficient (Wildman–Crippen LogP) is 5.31. The molecule has 8 heteroatoms. The van der Waals surface area contributed by atoms with Crippen LogP contribution in [0.2, 0.25) is 0 Å². The lowest BCUT2D eigenvalue weighted by molar-refractivity contribution is 0.242. The third-order valence-electron chi connectivity index (χ3n) is 6.04. The Bertz CT molecular complexity index is 1830. The largest absolute Gasteiger partial charge is 0.491 e. The fraction of sp³-hybridized carbons (Fsp3) is 0.133. The monoisotopic (exact) mass is 519 g/mol. The van der Waals surface area contributed by atoms with Crippen LogP contribution in [-0.2, 0) is 0 Å². The summed E-state index contributed by atoms with van der Waals surface area (Å²) in [6.45, 7) is 6.03. The second-order valence-electron chi connectivity index (χ2n) is 9.32. The molecular formula is C30H25N5O2S. The zero-order valence-corrected chi connectivity index (χ0v) is 22.0. The highest BCUT2D eigenvalue weighted by molar-refractivity contribution is 7.15. The van der Waals surface area contributed by atoms with E-state index in [9.17, 15) is 4.79 Å². The Hall–Kier alpha value is -4.56. The van der Waals surface area contributed by atoms with Gasteiger partial charge in [-0.05, 0) is 63.2 Å². The maximum absolute atomic E-state index is 13.3. The normalized spacial score (nSPS) is 12.1. The molecule has 0 aliphatic rings. The molecule has 0 radical (unpaired) electrons. The van der Waals surface area contributed by atoms with E-state index in [0.29, 0.717) is 15.3 Å². The SMILES string of the molecule is Cc1ccc(-c2nc3s/c(=C\c4cn(-c5ccccc5)nc4-c4ccc(OC(C)C)cc4)c(=O)n3n2)cc1. The standard InChI is InChI=1S/C30H25N5O2S/c1-19(2)37-25-15-13-21(14-16-25)27-23(18-34(32-27)24-7-5-4-6-8-24)17-26-29(36)35-30(38-26)31-28(33-35)22-11-9-20(3)10-12-22/h4-19H,1-3H3/b26-17-. The first-order valence-electron chi connectivity index (χ1n) is 12.3. The van der Waals surface area contributed by atoms with Crippen LogP contribution in [0, 0.1) is 6.92 Å². The van der Waals surface area contributed by atoms with Gasteiger partial charge in [0.1, 0.15) is 11.4 Å². The van der Waals surface area contributed by atoms with Crippen LogP contribution >= 0.6 is 11.3 Å². The van der Waals surface area contributed by atoms with Gasteiger partial charge in [-0.2, -0.15) is 14.6 Å². The number of aryl methyl sites for hydroxylation is 1. The van der Waals surface area contributed by atoms with Crippen molar-refractivity contribution in [2.45, 2.75) is 26.9 Å². The third kappa shape index (κ3) is 4.62. The van der Waals surface area contributed by atoms with Gasteiger partial charge in [0.15, 0.2) is 5.82 Å². The number of fused-ring (bicyclic) bond motifs is 1. The van der Waals surface area contributed by atoms with E-state index in [1.165, 1.54) is 15.9 Å². The van der Waals surface area contributed by atoms with Gasteiger partial charge in [0.05, 0.1) is 16.3 Å². The average molecular weight is 520 g/mol. The second-order valence-corrected chi connectivity index (χ2v) is 10.3. The van der Waals surface area contributed by atoms with Crippen molar-refractivity contribution in [3.63, 3.8) is 0 Å². The summed E-state index contributed by atoms with van der Waals surface area (Å²) >= 11 is 1.32. The minimum atomic E-state index is -0.199. The molecule has 0 fully saturated rings. The van der Waals surface area contributed by atoms with Crippen LogP contribution in [0.5, 0.6) is 5.75 Å². The highest BCUT2D eigenvalue weighted by Gasteiger charge is 2.15. The van der Waals surface area contributed by atoms with E-state index in [0.717, 1.165) is 39.4 Å². The van der Waals surface area contributed by atoms with E-state index in [1.807, 2.05) is 117 Å². The van der Waals surface area contributed by atoms with Crippen molar-refractivity contribution in [1.82, 2.24) is 24.4 Å². The van der Waals surface area contributed by atoms with E-state index in [4.69, 9.17) is 9.84 Å². The van der Waals surface area contributed by atoms with Crippen LogP contribution < -0.4 is 14.8 Å². The van der Waals surface area contributed by atoms with Crippen LogP contribution in [0.25, 0.3) is 39.4 Å². The van der Waals surface area contributed by atoms with E-state index >= 15 is 0 Å². The molecule has 6 rings (SSSR count). The molecule has 7 nitrogen and oxygen atoms in total. The van der Waals surface area contributed by atoms with Gasteiger partial charge in [-0.15, -0.1) is 5.10 Å². The molecular weight excluding hydrogens is 494 g/mol. The molecule has 0 saturated heterocycles. The number of hydrogen-bond donors (Lipinski definition) is 0. The van der Waals surface area contributed by atoms with Crippen molar-refractivity contribution in [3.8, 4) is 34.1 Å². The minimum absolute atomic E-state index is 0.0929. The fourth-order valence-corrected chi connectivity index (χ4v) is 5.09. The number of ether oxygens (including phenoxy) is 1. The van der Waals surface area contributed by atoms with Crippen LogP contribution in [0.15, 0.2) is 89.9 Å². The van der Waals surface area contributed by atoms with Gasteiger partial charge in [-0.3, -0.25) is 4.79 Å². The molecule has 3 aromatic carbocycles. The molecule has 0 saturated carbocycles. The van der Waals surface area contributed by atoms with Crippen LogP contribution in [0.4, 0.5) is 0 Å². The average Bonchev–Trinajstić information content (AvgIpc) is 3.60. The Morgan fingerprint density at radius 2 is 1.61 bits per heavy atom. The Kier molecular flexibility index (Phi) is 6.09. The molecule has 6 aromatic rings. The fourth-order valence-electron chi connectivity index (χ4n) is 4.19. The Labute approximate surface area is 223 Å². The van der Waals surface area contributed by atoms with E-state index in [1.54, 1.807) is 0 Å². The zero-order chi connectivity index (χ0) is 26.2. The Morgan fingerprint density at radius 3 is 2.29 bits per heavy atom. The maximum atomic E-state index is 13.3. The van der Waals surface area contributed by atoms with Crippen molar-refractivity contribution < 1.29 is 4.74 Å². The van der Waals surface area contributed by atoms with Gasteiger partial charge in [-0.25, -0.2) is 4.68 Å². The van der Waals surface area contributed by atoms with E-state index < -0.39 is 0 Å². The summed E-state index contributed by atoms with van der Waals surface area (Å²) in [5.41, 5.74) is 5.29.